The molecule has 1 fully saturated rings. The highest BCUT2D eigenvalue weighted by Gasteiger charge is 2.42. The predicted molar refractivity (Wildman–Crippen MR) is 75.8 cm³/mol. The van der Waals surface area contributed by atoms with E-state index in [0.717, 1.165) is 49.0 Å². The van der Waals surface area contributed by atoms with Crippen LogP contribution in [0.4, 0.5) is 0 Å². The molecule has 1 aliphatic carbocycles. The van der Waals surface area contributed by atoms with Crippen LogP contribution >= 0.6 is 11.8 Å². The van der Waals surface area contributed by atoms with E-state index in [-0.39, 0.29) is 5.54 Å². The van der Waals surface area contributed by atoms with Crippen LogP contribution in [-0.2, 0) is 0 Å². The third-order valence-electron chi connectivity index (χ3n) is 3.79. The molecule has 0 spiro atoms. The minimum absolute atomic E-state index is 0.301. The molecule has 0 aromatic carbocycles. The fraction of sp³-hybridized carbons (Fsp3) is 0.769. The monoisotopic (exact) mass is 279 g/mol. The molecule has 5 nitrogen and oxygen atoms in total. The van der Waals surface area contributed by atoms with Gasteiger partial charge in [0.2, 0.25) is 5.16 Å². The number of aromatic amines is 1. The molecule has 2 atom stereocenters. The SMILES string of the molecule is CCNC1(C#N)CCCC1CCSc1n[nH]c(C)n1. The first-order valence-corrected chi connectivity index (χ1v) is 7.87. The smallest absolute Gasteiger partial charge is 0.208 e. The number of aryl methyl sites for hydroxylation is 1. The Morgan fingerprint density at radius 3 is 3.11 bits per heavy atom. The molecule has 0 bridgehead atoms. The van der Waals surface area contributed by atoms with Gasteiger partial charge in [-0.05, 0) is 38.6 Å². The molecular formula is C13H21N5S. The van der Waals surface area contributed by atoms with Crippen LogP contribution in [0.2, 0.25) is 0 Å². The molecule has 2 N–H and O–H groups in total. The minimum atomic E-state index is -0.301. The van der Waals surface area contributed by atoms with E-state index in [4.69, 9.17) is 0 Å². The van der Waals surface area contributed by atoms with E-state index in [0.29, 0.717) is 5.92 Å². The van der Waals surface area contributed by atoms with Crippen LogP contribution < -0.4 is 5.32 Å². The summed E-state index contributed by atoms with van der Waals surface area (Å²) in [5, 5.41) is 20.7. The zero-order valence-electron chi connectivity index (χ0n) is 11.6. The fourth-order valence-electron chi connectivity index (χ4n) is 2.88. The van der Waals surface area contributed by atoms with Gasteiger partial charge in [0, 0.05) is 5.75 Å². The maximum absolute atomic E-state index is 9.49. The second-order valence-corrected chi connectivity index (χ2v) is 6.11. The van der Waals surface area contributed by atoms with Crippen molar-refractivity contribution in [2.75, 3.05) is 12.3 Å². The topological polar surface area (TPSA) is 77.4 Å². The molecule has 0 saturated heterocycles. The van der Waals surface area contributed by atoms with E-state index in [1.807, 2.05) is 6.92 Å². The highest BCUT2D eigenvalue weighted by atomic mass is 32.2. The summed E-state index contributed by atoms with van der Waals surface area (Å²) in [6.45, 7) is 4.83. The number of H-pyrrole nitrogens is 1. The fourth-order valence-corrected chi connectivity index (χ4v) is 3.78. The van der Waals surface area contributed by atoms with Crippen molar-refractivity contribution in [3.63, 3.8) is 0 Å². The third-order valence-corrected chi connectivity index (χ3v) is 4.67. The molecule has 2 rings (SSSR count). The second-order valence-electron chi connectivity index (χ2n) is 5.04. The Labute approximate surface area is 118 Å². The molecule has 0 radical (unpaired) electrons. The van der Waals surface area contributed by atoms with E-state index in [2.05, 4.69) is 33.5 Å². The second kappa shape index (κ2) is 6.40. The molecule has 0 aliphatic heterocycles. The van der Waals surface area contributed by atoms with Crippen LogP contribution in [0.15, 0.2) is 5.16 Å². The summed E-state index contributed by atoms with van der Waals surface area (Å²) in [5.41, 5.74) is -0.301. The number of nitriles is 1. The van der Waals surface area contributed by atoms with Crippen molar-refractivity contribution in [1.29, 1.82) is 5.26 Å². The van der Waals surface area contributed by atoms with Crippen LogP contribution in [-0.4, -0.2) is 33.0 Å². The van der Waals surface area contributed by atoms with E-state index >= 15 is 0 Å². The number of rotatable bonds is 6. The van der Waals surface area contributed by atoms with Gasteiger partial charge in [-0.1, -0.05) is 25.1 Å². The van der Waals surface area contributed by atoms with Crippen LogP contribution in [0.1, 0.15) is 38.4 Å². The zero-order valence-corrected chi connectivity index (χ0v) is 12.4. The lowest BCUT2D eigenvalue weighted by atomic mass is 9.86. The number of nitrogens with zero attached hydrogens (tertiary/aromatic N) is 3. The lowest BCUT2D eigenvalue weighted by Crippen LogP contribution is -2.47. The summed E-state index contributed by atoms with van der Waals surface area (Å²) in [4.78, 5) is 4.28. The van der Waals surface area contributed by atoms with Crippen molar-refractivity contribution in [2.45, 2.75) is 50.2 Å². The van der Waals surface area contributed by atoms with Crippen molar-refractivity contribution in [3.05, 3.63) is 5.82 Å². The number of nitrogens with one attached hydrogen (secondary N) is 2. The van der Waals surface area contributed by atoms with Crippen LogP contribution in [0.3, 0.4) is 0 Å². The van der Waals surface area contributed by atoms with Crippen LogP contribution in [0.25, 0.3) is 0 Å². The normalized spacial score (nSPS) is 26.5. The molecule has 1 aliphatic rings. The maximum Gasteiger partial charge on any atom is 0.208 e. The summed E-state index contributed by atoms with van der Waals surface area (Å²) in [7, 11) is 0. The molecule has 19 heavy (non-hydrogen) atoms. The molecule has 104 valence electrons. The number of hydrogen-bond donors (Lipinski definition) is 2. The number of thioether (sulfide) groups is 1. The Balaban J connectivity index is 1.86. The van der Waals surface area contributed by atoms with E-state index < -0.39 is 0 Å². The lowest BCUT2D eigenvalue weighted by Gasteiger charge is -2.29. The number of hydrogen-bond acceptors (Lipinski definition) is 5. The molecule has 1 aromatic heterocycles. The van der Waals surface area contributed by atoms with E-state index in [9.17, 15) is 5.26 Å². The van der Waals surface area contributed by atoms with Crippen molar-refractivity contribution in [1.82, 2.24) is 20.5 Å². The minimum Gasteiger partial charge on any atom is -0.299 e. The highest BCUT2D eigenvalue weighted by Crippen LogP contribution is 2.38. The Kier molecular flexibility index (Phi) is 4.83. The van der Waals surface area contributed by atoms with Gasteiger partial charge in [-0.15, -0.1) is 5.10 Å². The van der Waals surface area contributed by atoms with Gasteiger partial charge in [-0.25, -0.2) is 4.98 Å². The van der Waals surface area contributed by atoms with Crippen molar-refractivity contribution >= 4 is 11.8 Å². The summed E-state index contributed by atoms with van der Waals surface area (Å²) in [6.07, 6.45) is 4.31. The Bertz CT molecular complexity index is 452. The summed E-state index contributed by atoms with van der Waals surface area (Å²) < 4.78 is 0. The number of aromatic nitrogens is 3. The summed E-state index contributed by atoms with van der Waals surface area (Å²) >= 11 is 1.67. The Morgan fingerprint density at radius 2 is 2.47 bits per heavy atom. The Morgan fingerprint density at radius 1 is 1.63 bits per heavy atom. The average Bonchev–Trinajstić information content (AvgIpc) is 2.98. The van der Waals surface area contributed by atoms with Gasteiger partial charge in [0.15, 0.2) is 0 Å². The van der Waals surface area contributed by atoms with Crippen LogP contribution in [0, 0.1) is 24.2 Å². The van der Waals surface area contributed by atoms with E-state index in [1.54, 1.807) is 11.8 Å². The highest BCUT2D eigenvalue weighted by molar-refractivity contribution is 7.99. The Hall–Kier alpha value is -1.06. The third kappa shape index (κ3) is 3.28. The first-order valence-electron chi connectivity index (χ1n) is 6.88. The van der Waals surface area contributed by atoms with Gasteiger partial charge in [0.25, 0.3) is 0 Å². The van der Waals surface area contributed by atoms with Crippen molar-refractivity contribution in [3.8, 4) is 6.07 Å². The van der Waals surface area contributed by atoms with Crippen molar-refractivity contribution in [2.24, 2.45) is 5.92 Å². The van der Waals surface area contributed by atoms with Gasteiger partial charge in [0.1, 0.15) is 11.4 Å². The van der Waals surface area contributed by atoms with Gasteiger partial charge >= 0.3 is 0 Å². The summed E-state index contributed by atoms with van der Waals surface area (Å²) in [5.74, 6) is 2.27. The van der Waals surface area contributed by atoms with E-state index in [1.165, 1.54) is 0 Å². The molecule has 6 heteroatoms. The summed E-state index contributed by atoms with van der Waals surface area (Å²) in [6, 6.07) is 2.52. The lowest BCUT2D eigenvalue weighted by molar-refractivity contribution is 0.317. The molecule has 1 aromatic rings. The van der Waals surface area contributed by atoms with Gasteiger partial charge in [-0.3, -0.25) is 10.4 Å². The molecule has 1 heterocycles. The van der Waals surface area contributed by atoms with Gasteiger partial charge < -0.3 is 0 Å². The largest absolute Gasteiger partial charge is 0.299 e. The van der Waals surface area contributed by atoms with Gasteiger partial charge in [-0.2, -0.15) is 5.26 Å². The molecular weight excluding hydrogens is 258 g/mol. The standard InChI is InChI=1S/C13H21N5S/c1-3-15-13(9-14)7-4-5-11(13)6-8-19-12-16-10(2)17-18-12/h11,15H,3-8H2,1-2H3,(H,16,17,18). The zero-order chi connectivity index (χ0) is 13.7. The van der Waals surface area contributed by atoms with Gasteiger partial charge in [0.05, 0.1) is 6.07 Å². The first kappa shape index (κ1) is 14.4. The molecule has 2 unspecified atom stereocenters. The molecule has 0 amide bonds. The van der Waals surface area contributed by atoms with Crippen molar-refractivity contribution < 1.29 is 0 Å². The maximum atomic E-state index is 9.49. The average molecular weight is 279 g/mol. The van der Waals surface area contributed by atoms with Crippen LogP contribution in [0.5, 0.6) is 0 Å². The predicted octanol–water partition coefficient (Wildman–Crippen LogP) is 2.27. The first-order chi connectivity index (χ1) is 9.20. The quantitative estimate of drug-likeness (QED) is 0.781. The molecule has 1 saturated carbocycles.